The third-order valence-corrected chi connectivity index (χ3v) is 6.00. The van der Waals surface area contributed by atoms with E-state index in [1.165, 1.54) is 0 Å². The molecule has 2 aromatic rings. The average molecular weight is 401 g/mol. The largest absolute Gasteiger partial charge is 0.350 e. The summed E-state index contributed by atoms with van der Waals surface area (Å²) in [7, 11) is 0. The Bertz CT molecular complexity index is 812. The summed E-state index contributed by atoms with van der Waals surface area (Å²) in [6.45, 7) is 6.85. The van der Waals surface area contributed by atoms with Crippen molar-refractivity contribution in [3.63, 3.8) is 0 Å². The van der Waals surface area contributed by atoms with Gasteiger partial charge in [-0.05, 0) is 29.4 Å². The molecule has 150 valence electrons. The summed E-state index contributed by atoms with van der Waals surface area (Å²) in [6.07, 6.45) is 3.35. The number of aromatic nitrogens is 1. The number of hydrogen-bond donors (Lipinski definition) is 2. The van der Waals surface area contributed by atoms with Crippen LogP contribution in [0.2, 0.25) is 0 Å². The maximum atomic E-state index is 12.7. The Balaban J connectivity index is 1.59. The summed E-state index contributed by atoms with van der Waals surface area (Å²) >= 11 is 1.60. The zero-order valence-corrected chi connectivity index (χ0v) is 17.5. The number of amides is 2. The molecule has 1 aliphatic heterocycles. The van der Waals surface area contributed by atoms with Crippen LogP contribution in [-0.4, -0.2) is 40.3 Å². The van der Waals surface area contributed by atoms with Crippen LogP contribution < -0.4 is 11.1 Å². The molecule has 28 heavy (non-hydrogen) atoms. The van der Waals surface area contributed by atoms with Crippen LogP contribution in [0.4, 0.5) is 0 Å². The minimum absolute atomic E-state index is 0.113. The van der Waals surface area contributed by atoms with E-state index in [9.17, 15) is 9.59 Å². The van der Waals surface area contributed by atoms with Crippen LogP contribution in [0.5, 0.6) is 0 Å². The molecular formula is C21H28N4O2S. The Morgan fingerprint density at radius 1 is 1.32 bits per heavy atom. The van der Waals surface area contributed by atoms with E-state index in [-0.39, 0.29) is 17.2 Å². The predicted octanol–water partition coefficient (Wildman–Crippen LogP) is 2.79. The van der Waals surface area contributed by atoms with Crippen LogP contribution in [0.1, 0.15) is 39.2 Å². The Hall–Kier alpha value is -2.25. The highest BCUT2D eigenvalue weighted by molar-refractivity contribution is 7.13. The van der Waals surface area contributed by atoms with Crippen molar-refractivity contribution >= 4 is 23.2 Å². The molecule has 1 aromatic heterocycles. The molecule has 2 amide bonds. The minimum Gasteiger partial charge on any atom is -0.350 e. The summed E-state index contributed by atoms with van der Waals surface area (Å²) in [4.78, 5) is 32.3. The zero-order valence-electron chi connectivity index (χ0n) is 16.6. The number of nitrogens with zero attached hydrogens (tertiary/aromatic N) is 2. The summed E-state index contributed by atoms with van der Waals surface area (Å²) in [5.41, 5.74) is 9.74. The normalized spacial score (nSPS) is 18.1. The second-order valence-electron chi connectivity index (χ2n) is 8.31. The van der Waals surface area contributed by atoms with Gasteiger partial charge >= 0.3 is 0 Å². The summed E-state index contributed by atoms with van der Waals surface area (Å²) in [6, 6.07) is 7.02. The quantitative estimate of drug-likeness (QED) is 0.808. The number of nitrogens with one attached hydrogen (secondary N) is 1. The van der Waals surface area contributed by atoms with Gasteiger partial charge in [0, 0.05) is 19.3 Å². The lowest BCUT2D eigenvalue weighted by atomic mass is 9.86. The molecule has 0 unspecified atom stereocenters. The van der Waals surface area contributed by atoms with Gasteiger partial charge in [-0.2, -0.15) is 0 Å². The van der Waals surface area contributed by atoms with E-state index in [0.29, 0.717) is 19.5 Å². The number of carbonyl (C=O) groups excluding carboxylic acids is 2. The number of thiazole rings is 1. The van der Waals surface area contributed by atoms with Crippen molar-refractivity contribution in [3.05, 3.63) is 41.5 Å². The van der Waals surface area contributed by atoms with Gasteiger partial charge in [0.15, 0.2) is 0 Å². The lowest BCUT2D eigenvalue weighted by molar-refractivity contribution is -0.141. The second-order valence-corrected chi connectivity index (χ2v) is 9.20. The highest BCUT2D eigenvalue weighted by Gasteiger charge is 2.39. The van der Waals surface area contributed by atoms with E-state index in [1.54, 1.807) is 16.2 Å². The first-order valence-electron chi connectivity index (χ1n) is 9.59. The van der Waals surface area contributed by atoms with E-state index < -0.39 is 12.1 Å². The standard InChI is InChI=1S/C21H28N4O2S/c1-21(2,3)18(22)20(27)25-10-4-5-16(25)19(26)24-11-14-6-8-15(9-7-14)17-12-23-13-28-17/h6-9,12-13,16,18H,4-5,10-11,22H2,1-3H3,(H,24,26)/t16-,18+/m0/s1. The fourth-order valence-electron chi connectivity index (χ4n) is 3.30. The maximum absolute atomic E-state index is 12.7. The van der Waals surface area contributed by atoms with Crippen molar-refractivity contribution in [3.8, 4) is 10.4 Å². The van der Waals surface area contributed by atoms with Gasteiger partial charge in [0.2, 0.25) is 11.8 Å². The fraction of sp³-hybridized carbons (Fsp3) is 0.476. The second kappa shape index (κ2) is 8.41. The van der Waals surface area contributed by atoms with Crippen molar-refractivity contribution in [2.24, 2.45) is 11.1 Å². The highest BCUT2D eigenvalue weighted by Crippen LogP contribution is 2.25. The number of benzene rings is 1. The minimum atomic E-state index is -0.611. The van der Waals surface area contributed by atoms with Crippen molar-refractivity contribution in [2.75, 3.05) is 6.54 Å². The molecule has 0 radical (unpaired) electrons. The molecule has 7 heteroatoms. The van der Waals surface area contributed by atoms with E-state index >= 15 is 0 Å². The van der Waals surface area contributed by atoms with Crippen LogP contribution in [0.15, 0.2) is 36.0 Å². The van der Waals surface area contributed by atoms with Crippen LogP contribution in [0, 0.1) is 5.41 Å². The van der Waals surface area contributed by atoms with Crippen LogP contribution in [0.3, 0.4) is 0 Å². The molecule has 1 aromatic carbocycles. The van der Waals surface area contributed by atoms with E-state index in [4.69, 9.17) is 5.73 Å². The van der Waals surface area contributed by atoms with Crippen molar-refractivity contribution < 1.29 is 9.59 Å². The molecule has 0 bridgehead atoms. The Morgan fingerprint density at radius 3 is 2.64 bits per heavy atom. The van der Waals surface area contributed by atoms with Gasteiger partial charge in [0.25, 0.3) is 0 Å². The van der Waals surface area contributed by atoms with Gasteiger partial charge in [-0.1, -0.05) is 45.0 Å². The molecular weight excluding hydrogens is 372 g/mol. The molecule has 1 aliphatic rings. The lowest BCUT2D eigenvalue weighted by Gasteiger charge is -2.32. The Kier molecular flexibility index (Phi) is 6.15. The number of rotatable bonds is 5. The van der Waals surface area contributed by atoms with Crippen molar-refractivity contribution in [2.45, 2.75) is 52.2 Å². The molecule has 2 heterocycles. The van der Waals surface area contributed by atoms with Gasteiger partial charge < -0.3 is 16.0 Å². The first kappa shape index (κ1) is 20.5. The van der Waals surface area contributed by atoms with Gasteiger partial charge in [-0.15, -0.1) is 11.3 Å². The molecule has 0 saturated carbocycles. The van der Waals surface area contributed by atoms with Crippen molar-refractivity contribution in [1.29, 1.82) is 0 Å². The summed E-state index contributed by atoms with van der Waals surface area (Å²) in [5, 5.41) is 2.97. The van der Waals surface area contributed by atoms with Crippen LogP contribution in [0.25, 0.3) is 10.4 Å². The Labute approximate surface area is 170 Å². The lowest BCUT2D eigenvalue weighted by Crippen LogP contribution is -2.54. The van der Waals surface area contributed by atoms with Gasteiger partial charge in [-0.3, -0.25) is 14.6 Å². The number of nitrogens with two attached hydrogens (primary N) is 1. The maximum Gasteiger partial charge on any atom is 0.243 e. The van der Waals surface area contributed by atoms with Crippen molar-refractivity contribution in [1.82, 2.24) is 15.2 Å². The summed E-state index contributed by atoms with van der Waals surface area (Å²) < 4.78 is 0. The predicted molar refractivity (Wildman–Crippen MR) is 112 cm³/mol. The highest BCUT2D eigenvalue weighted by atomic mass is 32.1. The molecule has 6 nitrogen and oxygen atoms in total. The smallest absolute Gasteiger partial charge is 0.243 e. The zero-order chi connectivity index (χ0) is 20.3. The Morgan fingerprint density at radius 2 is 2.04 bits per heavy atom. The van der Waals surface area contributed by atoms with Crippen LogP contribution in [-0.2, 0) is 16.1 Å². The topological polar surface area (TPSA) is 88.3 Å². The number of hydrogen-bond acceptors (Lipinski definition) is 5. The van der Waals surface area contributed by atoms with E-state index in [1.807, 2.05) is 56.7 Å². The molecule has 0 spiro atoms. The first-order chi connectivity index (χ1) is 13.3. The van der Waals surface area contributed by atoms with Gasteiger partial charge in [-0.25, -0.2) is 0 Å². The van der Waals surface area contributed by atoms with Gasteiger partial charge in [0.05, 0.1) is 16.4 Å². The first-order valence-corrected chi connectivity index (χ1v) is 10.5. The molecule has 3 N–H and O–H groups in total. The van der Waals surface area contributed by atoms with Crippen LogP contribution >= 0.6 is 11.3 Å². The molecule has 1 saturated heterocycles. The third-order valence-electron chi connectivity index (χ3n) is 5.18. The number of likely N-dealkylation sites (tertiary alicyclic amines) is 1. The fourth-order valence-corrected chi connectivity index (χ4v) is 3.93. The monoisotopic (exact) mass is 400 g/mol. The molecule has 1 fully saturated rings. The third kappa shape index (κ3) is 4.59. The SMILES string of the molecule is CC(C)(C)[C@H](N)C(=O)N1CCC[C@H]1C(=O)NCc1ccc(-c2cncs2)cc1. The molecule has 2 atom stereocenters. The van der Waals surface area contributed by atoms with E-state index in [2.05, 4.69) is 10.3 Å². The molecule has 0 aliphatic carbocycles. The number of carbonyl (C=O) groups is 2. The van der Waals surface area contributed by atoms with Gasteiger partial charge in [0.1, 0.15) is 6.04 Å². The molecule has 3 rings (SSSR count). The van der Waals surface area contributed by atoms with E-state index in [0.717, 1.165) is 22.4 Å². The summed E-state index contributed by atoms with van der Waals surface area (Å²) in [5.74, 6) is -0.252. The average Bonchev–Trinajstić information content (AvgIpc) is 3.36.